The van der Waals surface area contributed by atoms with Crippen molar-refractivity contribution in [3.8, 4) is 0 Å². The summed E-state index contributed by atoms with van der Waals surface area (Å²) in [4.78, 5) is 11.3. The molecule has 0 amide bonds. The zero-order valence-electron chi connectivity index (χ0n) is 7.66. The van der Waals surface area contributed by atoms with Crippen LogP contribution in [0.25, 0.3) is 0 Å². The highest BCUT2D eigenvalue weighted by atomic mass is 16.1. The van der Waals surface area contributed by atoms with Gasteiger partial charge in [-0.05, 0) is 7.05 Å². The molecule has 1 heterocycles. The van der Waals surface area contributed by atoms with Crippen LogP contribution >= 0.6 is 0 Å². The topological polar surface area (TPSA) is 46.9 Å². The maximum atomic E-state index is 11.3. The Labute approximate surface area is 77.3 Å². The number of nitrogens with one attached hydrogen (secondary N) is 1. The molecular weight excluding hydrogens is 166 g/mol. The summed E-state index contributed by atoms with van der Waals surface area (Å²) in [6, 6.07) is 0. The maximum Gasteiger partial charge on any atom is 0.179 e. The minimum atomic E-state index is 0.0535. The summed E-state index contributed by atoms with van der Waals surface area (Å²) in [6.07, 6.45) is 5.03. The van der Waals surface area contributed by atoms with Crippen molar-refractivity contribution in [2.75, 3.05) is 13.6 Å². The van der Waals surface area contributed by atoms with Gasteiger partial charge in [0.1, 0.15) is 0 Å². The van der Waals surface area contributed by atoms with Crippen LogP contribution in [0.3, 0.4) is 0 Å². The zero-order chi connectivity index (χ0) is 9.68. The van der Waals surface area contributed by atoms with Crippen molar-refractivity contribution < 1.29 is 4.79 Å². The first-order valence-corrected chi connectivity index (χ1v) is 4.09. The lowest BCUT2D eigenvalue weighted by molar-refractivity contribution is 0.0993. The lowest BCUT2D eigenvalue weighted by Gasteiger charge is -1.94. The van der Waals surface area contributed by atoms with Crippen molar-refractivity contribution in [1.82, 2.24) is 15.1 Å². The third kappa shape index (κ3) is 2.52. The number of allylic oxidation sites excluding steroid dienone is 1. The Balaban J connectivity index is 2.67. The van der Waals surface area contributed by atoms with E-state index in [9.17, 15) is 4.79 Å². The predicted octanol–water partition coefficient (Wildman–Crippen LogP) is 0.471. The standard InChI is InChI=1S/C9H13N3O/c1-3-4-12-7-8(5-11-12)9(13)6-10-2/h3,5,7,10H,1,4,6H2,2H3. The Morgan fingerprint density at radius 3 is 3.23 bits per heavy atom. The molecule has 0 atom stereocenters. The van der Waals surface area contributed by atoms with Crippen LogP contribution < -0.4 is 5.32 Å². The minimum absolute atomic E-state index is 0.0535. The number of carbonyl (C=O) groups is 1. The van der Waals surface area contributed by atoms with Gasteiger partial charge >= 0.3 is 0 Å². The first-order valence-electron chi connectivity index (χ1n) is 4.09. The van der Waals surface area contributed by atoms with Gasteiger partial charge in [-0.15, -0.1) is 6.58 Å². The summed E-state index contributed by atoms with van der Waals surface area (Å²) in [5.74, 6) is 0.0535. The number of carbonyl (C=O) groups excluding carboxylic acids is 1. The minimum Gasteiger partial charge on any atom is -0.313 e. The van der Waals surface area contributed by atoms with Crippen molar-refractivity contribution >= 4 is 5.78 Å². The van der Waals surface area contributed by atoms with E-state index in [1.54, 1.807) is 30.2 Å². The van der Waals surface area contributed by atoms with E-state index < -0.39 is 0 Å². The van der Waals surface area contributed by atoms with Crippen LogP contribution in [0, 0.1) is 0 Å². The first-order chi connectivity index (χ1) is 6.27. The van der Waals surface area contributed by atoms with Gasteiger partial charge < -0.3 is 5.32 Å². The van der Waals surface area contributed by atoms with Crippen molar-refractivity contribution in [3.05, 3.63) is 30.6 Å². The second-order valence-electron chi connectivity index (χ2n) is 2.69. The van der Waals surface area contributed by atoms with E-state index in [2.05, 4.69) is 17.0 Å². The van der Waals surface area contributed by atoms with Gasteiger partial charge in [0.25, 0.3) is 0 Å². The van der Waals surface area contributed by atoms with Gasteiger partial charge in [0, 0.05) is 6.20 Å². The fourth-order valence-electron chi connectivity index (χ4n) is 1.00. The number of Topliss-reactive ketones (excluding diaryl/α,β-unsaturated/α-hetero) is 1. The molecule has 0 aromatic carbocycles. The summed E-state index contributed by atoms with van der Waals surface area (Å²) in [5, 5.41) is 6.81. The molecule has 0 aliphatic carbocycles. The number of nitrogens with zero attached hydrogens (tertiary/aromatic N) is 2. The molecular formula is C9H13N3O. The summed E-state index contributed by atoms with van der Waals surface area (Å²) in [6.45, 7) is 4.57. The number of likely N-dealkylation sites (N-methyl/N-ethyl adjacent to an activating group) is 1. The quantitative estimate of drug-likeness (QED) is 0.528. The number of ketones is 1. The lowest BCUT2D eigenvalue weighted by atomic mass is 10.2. The van der Waals surface area contributed by atoms with E-state index in [1.807, 2.05) is 0 Å². The highest BCUT2D eigenvalue weighted by molar-refractivity contribution is 5.97. The van der Waals surface area contributed by atoms with E-state index in [0.29, 0.717) is 18.7 Å². The Morgan fingerprint density at radius 1 is 1.85 bits per heavy atom. The van der Waals surface area contributed by atoms with E-state index in [-0.39, 0.29) is 5.78 Å². The Kier molecular flexibility index (Phi) is 3.40. The van der Waals surface area contributed by atoms with Gasteiger partial charge in [-0.3, -0.25) is 9.48 Å². The third-order valence-corrected chi connectivity index (χ3v) is 1.61. The molecule has 1 N–H and O–H groups in total. The van der Waals surface area contributed by atoms with Crippen LogP contribution in [0.2, 0.25) is 0 Å². The van der Waals surface area contributed by atoms with Crippen molar-refractivity contribution in [2.24, 2.45) is 0 Å². The molecule has 0 saturated heterocycles. The van der Waals surface area contributed by atoms with Gasteiger partial charge in [0.05, 0.1) is 24.8 Å². The van der Waals surface area contributed by atoms with Crippen LogP contribution in [0.15, 0.2) is 25.0 Å². The molecule has 1 aromatic rings. The molecule has 0 aliphatic rings. The molecule has 0 spiro atoms. The normalized spacial score (nSPS) is 9.92. The summed E-state index contributed by atoms with van der Waals surface area (Å²) in [7, 11) is 1.74. The SMILES string of the molecule is C=CCn1cc(C(=O)CNC)cn1. The third-order valence-electron chi connectivity index (χ3n) is 1.61. The number of aromatic nitrogens is 2. The van der Waals surface area contributed by atoms with Crippen LogP contribution in [-0.4, -0.2) is 29.2 Å². The monoisotopic (exact) mass is 179 g/mol. The largest absolute Gasteiger partial charge is 0.313 e. The Morgan fingerprint density at radius 2 is 2.62 bits per heavy atom. The highest BCUT2D eigenvalue weighted by Crippen LogP contribution is 1.98. The van der Waals surface area contributed by atoms with E-state index >= 15 is 0 Å². The first kappa shape index (κ1) is 9.67. The number of hydrogen-bond acceptors (Lipinski definition) is 3. The molecule has 0 saturated carbocycles. The average Bonchev–Trinajstić information content (AvgIpc) is 2.54. The molecule has 1 aromatic heterocycles. The van der Waals surface area contributed by atoms with Crippen molar-refractivity contribution in [1.29, 1.82) is 0 Å². The fourth-order valence-corrected chi connectivity index (χ4v) is 1.00. The van der Waals surface area contributed by atoms with E-state index in [4.69, 9.17) is 0 Å². The van der Waals surface area contributed by atoms with Gasteiger partial charge in [0.15, 0.2) is 5.78 Å². The second-order valence-corrected chi connectivity index (χ2v) is 2.69. The summed E-state index contributed by atoms with van der Waals surface area (Å²) >= 11 is 0. The molecule has 70 valence electrons. The highest BCUT2D eigenvalue weighted by Gasteiger charge is 2.06. The predicted molar refractivity (Wildman–Crippen MR) is 50.7 cm³/mol. The molecule has 1 rings (SSSR count). The molecule has 4 nitrogen and oxygen atoms in total. The van der Waals surface area contributed by atoms with Crippen LogP contribution in [0.5, 0.6) is 0 Å². The smallest absolute Gasteiger partial charge is 0.179 e. The fraction of sp³-hybridized carbons (Fsp3) is 0.333. The number of hydrogen-bond donors (Lipinski definition) is 1. The molecule has 0 bridgehead atoms. The van der Waals surface area contributed by atoms with Gasteiger partial charge in [-0.2, -0.15) is 5.10 Å². The molecule has 0 radical (unpaired) electrons. The summed E-state index contributed by atoms with van der Waals surface area (Å²) in [5.41, 5.74) is 0.635. The Bertz CT molecular complexity index is 304. The average molecular weight is 179 g/mol. The molecule has 4 heteroatoms. The molecule has 0 fully saturated rings. The van der Waals surface area contributed by atoms with Gasteiger partial charge in [0.2, 0.25) is 0 Å². The van der Waals surface area contributed by atoms with Crippen LogP contribution in [-0.2, 0) is 6.54 Å². The maximum absolute atomic E-state index is 11.3. The van der Waals surface area contributed by atoms with E-state index in [0.717, 1.165) is 0 Å². The molecule has 0 unspecified atom stereocenters. The van der Waals surface area contributed by atoms with Gasteiger partial charge in [-0.1, -0.05) is 6.08 Å². The zero-order valence-corrected chi connectivity index (χ0v) is 7.66. The molecule has 13 heavy (non-hydrogen) atoms. The van der Waals surface area contributed by atoms with Crippen molar-refractivity contribution in [2.45, 2.75) is 6.54 Å². The number of rotatable bonds is 5. The second kappa shape index (κ2) is 4.57. The molecule has 0 aliphatic heterocycles. The van der Waals surface area contributed by atoms with Crippen molar-refractivity contribution in [3.63, 3.8) is 0 Å². The van der Waals surface area contributed by atoms with E-state index in [1.165, 1.54) is 0 Å². The van der Waals surface area contributed by atoms with Gasteiger partial charge in [-0.25, -0.2) is 0 Å². The summed E-state index contributed by atoms with van der Waals surface area (Å²) < 4.78 is 1.68. The lowest BCUT2D eigenvalue weighted by Crippen LogP contribution is -2.18. The Hall–Kier alpha value is -1.42. The van der Waals surface area contributed by atoms with Crippen LogP contribution in [0.4, 0.5) is 0 Å². The van der Waals surface area contributed by atoms with Crippen LogP contribution in [0.1, 0.15) is 10.4 Å².